The molecule has 1 atom stereocenters. The zero-order valence-electron chi connectivity index (χ0n) is 17.7. The molecule has 0 aliphatic carbocycles. The second-order valence-electron chi connectivity index (χ2n) is 7.81. The molecule has 1 N–H and O–H groups in total. The summed E-state index contributed by atoms with van der Waals surface area (Å²) in [5.74, 6) is -0.892. The molecule has 3 rings (SSSR count). The van der Waals surface area contributed by atoms with Crippen molar-refractivity contribution >= 4 is 23.4 Å². The topological polar surface area (TPSA) is 69.7 Å². The zero-order valence-corrected chi connectivity index (χ0v) is 17.7. The highest BCUT2D eigenvalue weighted by atomic mass is 19.1. The molecule has 0 radical (unpaired) electrons. The zero-order chi connectivity index (χ0) is 22.2. The Morgan fingerprint density at radius 3 is 2.52 bits per heavy atom. The molecule has 31 heavy (non-hydrogen) atoms. The highest BCUT2D eigenvalue weighted by molar-refractivity contribution is 5.93. The van der Waals surface area contributed by atoms with Crippen molar-refractivity contribution in [1.29, 1.82) is 0 Å². The molecule has 1 aliphatic rings. The van der Waals surface area contributed by atoms with Crippen LogP contribution in [-0.4, -0.2) is 49.3 Å². The second-order valence-corrected chi connectivity index (χ2v) is 7.81. The van der Waals surface area contributed by atoms with Gasteiger partial charge in [-0.25, -0.2) is 4.39 Å². The van der Waals surface area contributed by atoms with Gasteiger partial charge in [0.05, 0.1) is 12.3 Å². The van der Waals surface area contributed by atoms with Gasteiger partial charge in [0.2, 0.25) is 17.7 Å². The Balaban J connectivity index is 1.44. The fourth-order valence-electron chi connectivity index (χ4n) is 3.71. The number of carbonyl (C=O) groups excluding carboxylic acids is 3. The minimum atomic E-state index is -0.334. The number of rotatable bonds is 7. The molecule has 1 fully saturated rings. The summed E-state index contributed by atoms with van der Waals surface area (Å²) in [6, 6.07) is 15.2. The molecular formula is C24H28FN3O3. The predicted molar refractivity (Wildman–Crippen MR) is 117 cm³/mol. The predicted octanol–water partition coefficient (Wildman–Crippen LogP) is 2.78. The third kappa shape index (κ3) is 6.38. The van der Waals surface area contributed by atoms with Crippen LogP contribution >= 0.6 is 0 Å². The van der Waals surface area contributed by atoms with E-state index in [1.807, 2.05) is 30.3 Å². The van der Waals surface area contributed by atoms with Gasteiger partial charge in [-0.2, -0.15) is 0 Å². The number of anilines is 1. The number of piperidine rings is 1. The number of halogens is 1. The van der Waals surface area contributed by atoms with Crippen molar-refractivity contribution in [3.63, 3.8) is 0 Å². The van der Waals surface area contributed by atoms with Crippen LogP contribution in [0.25, 0.3) is 0 Å². The van der Waals surface area contributed by atoms with E-state index in [2.05, 4.69) is 5.32 Å². The molecule has 0 spiro atoms. The number of nitrogens with one attached hydrogen (secondary N) is 1. The first-order valence-electron chi connectivity index (χ1n) is 10.6. The molecule has 1 aliphatic heterocycles. The average molecular weight is 426 g/mol. The Labute approximate surface area is 182 Å². The van der Waals surface area contributed by atoms with Gasteiger partial charge in [0.1, 0.15) is 5.82 Å². The van der Waals surface area contributed by atoms with Crippen LogP contribution in [0.2, 0.25) is 0 Å². The monoisotopic (exact) mass is 425 g/mol. The fourth-order valence-corrected chi connectivity index (χ4v) is 3.71. The maximum absolute atomic E-state index is 13.0. The lowest BCUT2D eigenvalue weighted by atomic mass is 9.96. The van der Waals surface area contributed by atoms with Crippen LogP contribution in [0.4, 0.5) is 10.1 Å². The third-order valence-corrected chi connectivity index (χ3v) is 5.57. The Morgan fingerprint density at radius 1 is 1.10 bits per heavy atom. The summed E-state index contributed by atoms with van der Waals surface area (Å²) < 4.78 is 13.0. The van der Waals surface area contributed by atoms with E-state index in [9.17, 15) is 18.8 Å². The van der Waals surface area contributed by atoms with Gasteiger partial charge in [-0.3, -0.25) is 14.4 Å². The van der Waals surface area contributed by atoms with Crippen molar-refractivity contribution in [2.24, 2.45) is 5.92 Å². The quantitative estimate of drug-likeness (QED) is 0.742. The normalized spacial score (nSPS) is 15.9. The molecule has 0 aromatic heterocycles. The minimum Gasteiger partial charge on any atom is -0.355 e. The van der Waals surface area contributed by atoms with Crippen LogP contribution in [0.1, 0.15) is 24.8 Å². The third-order valence-electron chi connectivity index (χ3n) is 5.57. The Bertz CT molecular complexity index is 902. The van der Waals surface area contributed by atoms with E-state index in [-0.39, 0.29) is 48.8 Å². The lowest BCUT2D eigenvalue weighted by Gasteiger charge is -2.32. The number of hydrogen-bond acceptors (Lipinski definition) is 3. The van der Waals surface area contributed by atoms with Gasteiger partial charge in [-0.1, -0.05) is 30.3 Å². The van der Waals surface area contributed by atoms with Crippen LogP contribution in [0.5, 0.6) is 0 Å². The molecule has 6 nitrogen and oxygen atoms in total. The van der Waals surface area contributed by atoms with E-state index in [0.717, 1.165) is 17.7 Å². The Hall–Kier alpha value is -3.22. The summed E-state index contributed by atoms with van der Waals surface area (Å²) in [6.07, 6.45) is 1.86. The number of likely N-dealkylation sites (tertiary alicyclic amines) is 1. The van der Waals surface area contributed by atoms with Gasteiger partial charge < -0.3 is 15.1 Å². The Kier molecular flexibility index (Phi) is 7.76. The van der Waals surface area contributed by atoms with Crippen molar-refractivity contribution in [1.82, 2.24) is 10.2 Å². The van der Waals surface area contributed by atoms with Crippen LogP contribution in [0, 0.1) is 11.7 Å². The molecule has 0 saturated carbocycles. The first-order valence-corrected chi connectivity index (χ1v) is 10.6. The van der Waals surface area contributed by atoms with Crippen molar-refractivity contribution < 1.29 is 18.8 Å². The van der Waals surface area contributed by atoms with Gasteiger partial charge in [0.15, 0.2) is 0 Å². The fraction of sp³-hybridized carbons (Fsp3) is 0.375. The number of amides is 3. The highest BCUT2D eigenvalue weighted by Crippen LogP contribution is 2.18. The molecule has 0 unspecified atom stereocenters. The van der Waals surface area contributed by atoms with Crippen LogP contribution < -0.4 is 10.2 Å². The van der Waals surface area contributed by atoms with Crippen molar-refractivity contribution in [2.45, 2.75) is 25.7 Å². The molecule has 2 aromatic rings. The van der Waals surface area contributed by atoms with E-state index >= 15 is 0 Å². The molecule has 1 heterocycles. The standard InChI is InChI=1S/C24H28FN3O3/c1-27(21-7-3-2-4-8-21)22(29)13-14-26-24(31)19-6-5-15-28(17-19)23(30)16-18-9-11-20(25)12-10-18/h2-4,7-12,19H,5-6,13-17H2,1H3,(H,26,31)/t19-/m0/s1. The number of para-hydroxylation sites is 1. The second kappa shape index (κ2) is 10.7. The van der Waals surface area contributed by atoms with Crippen molar-refractivity contribution in [3.05, 3.63) is 66.0 Å². The molecule has 0 bridgehead atoms. The summed E-state index contributed by atoms with van der Waals surface area (Å²) in [5, 5.41) is 2.84. The summed E-state index contributed by atoms with van der Waals surface area (Å²) in [4.78, 5) is 40.8. The summed E-state index contributed by atoms with van der Waals surface area (Å²) in [5.41, 5.74) is 1.56. The summed E-state index contributed by atoms with van der Waals surface area (Å²) in [7, 11) is 1.71. The summed E-state index contributed by atoms with van der Waals surface area (Å²) in [6.45, 7) is 1.24. The van der Waals surface area contributed by atoms with Crippen LogP contribution in [0.15, 0.2) is 54.6 Å². The van der Waals surface area contributed by atoms with Crippen molar-refractivity contribution in [2.75, 3.05) is 31.6 Å². The number of nitrogens with zero attached hydrogens (tertiary/aromatic N) is 2. The van der Waals surface area contributed by atoms with E-state index in [4.69, 9.17) is 0 Å². The molecule has 2 aromatic carbocycles. The Morgan fingerprint density at radius 2 is 1.81 bits per heavy atom. The highest BCUT2D eigenvalue weighted by Gasteiger charge is 2.28. The SMILES string of the molecule is CN(C(=O)CCNC(=O)[C@H]1CCCN(C(=O)Cc2ccc(F)cc2)C1)c1ccccc1. The lowest BCUT2D eigenvalue weighted by Crippen LogP contribution is -2.46. The molecule has 7 heteroatoms. The van der Waals surface area contributed by atoms with Gasteiger partial charge >= 0.3 is 0 Å². The van der Waals surface area contributed by atoms with E-state index in [1.54, 1.807) is 29.0 Å². The molecule has 164 valence electrons. The van der Waals surface area contributed by atoms with E-state index in [1.165, 1.54) is 12.1 Å². The van der Waals surface area contributed by atoms with Gasteiger partial charge in [-0.05, 0) is 42.7 Å². The van der Waals surface area contributed by atoms with E-state index < -0.39 is 0 Å². The number of carbonyl (C=O) groups is 3. The van der Waals surface area contributed by atoms with Crippen LogP contribution in [0.3, 0.4) is 0 Å². The first-order chi connectivity index (χ1) is 14.9. The molecule has 3 amide bonds. The maximum Gasteiger partial charge on any atom is 0.228 e. The number of hydrogen-bond donors (Lipinski definition) is 1. The number of benzene rings is 2. The minimum absolute atomic E-state index is 0.0660. The van der Waals surface area contributed by atoms with Crippen LogP contribution in [-0.2, 0) is 20.8 Å². The first kappa shape index (κ1) is 22.5. The summed E-state index contributed by atoms with van der Waals surface area (Å²) >= 11 is 0. The van der Waals surface area contributed by atoms with Gasteiger partial charge in [0, 0.05) is 38.8 Å². The van der Waals surface area contributed by atoms with Gasteiger partial charge in [0.25, 0.3) is 0 Å². The van der Waals surface area contributed by atoms with Gasteiger partial charge in [-0.15, -0.1) is 0 Å². The molecular weight excluding hydrogens is 397 g/mol. The molecule has 1 saturated heterocycles. The van der Waals surface area contributed by atoms with Crippen molar-refractivity contribution in [3.8, 4) is 0 Å². The largest absolute Gasteiger partial charge is 0.355 e. The van der Waals surface area contributed by atoms with E-state index in [0.29, 0.717) is 19.5 Å². The average Bonchev–Trinajstić information content (AvgIpc) is 2.80. The maximum atomic E-state index is 13.0. The lowest BCUT2D eigenvalue weighted by molar-refractivity contribution is -0.135. The smallest absolute Gasteiger partial charge is 0.228 e.